The summed E-state index contributed by atoms with van der Waals surface area (Å²) in [4.78, 5) is 10.9. The van der Waals surface area contributed by atoms with Crippen molar-refractivity contribution in [1.29, 1.82) is 0 Å². The molecule has 0 bridgehead atoms. The normalized spacial score (nSPS) is 12.0. The molecule has 0 aliphatic carbocycles. The van der Waals surface area contributed by atoms with Crippen LogP contribution in [0.25, 0.3) is 0 Å². The fourth-order valence-electron chi connectivity index (χ4n) is 1.42. The van der Waals surface area contributed by atoms with Crippen LogP contribution in [0.3, 0.4) is 0 Å². The summed E-state index contributed by atoms with van der Waals surface area (Å²) in [6.07, 6.45) is 0.935. The molecular weight excluding hydrogens is 254 g/mol. The Bertz CT molecular complexity index is 407. The fraction of sp³-hybridized carbons (Fsp3) is 0.462. The van der Waals surface area contributed by atoms with Gasteiger partial charge in [-0.3, -0.25) is 4.79 Å². The van der Waals surface area contributed by atoms with E-state index in [0.29, 0.717) is 30.2 Å². The van der Waals surface area contributed by atoms with E-state index < -0.39 is 0 Å². The summed E-state index contributed by atoms with van der Waals surface area (Å²) in [6, 6.07) is 5.41. The first-order valence-electron chi connectivity index (χ1n) is 5.79. The van der Waals surface area contributed by atoms with Gasteiger partial charge in [0.05, 0.1) is 18.7 Å². The summed E-state index contributed by atoms with van der Waals surface area (Å²) in [5, 5.41) is 0.530. The smallest absolute Gasteiger partial charge is 0.305 e. The van der Waals surface area contributed by atoms with Gasteiger partial charge in [-0.1, -0.05) is 17.7 Å². The highest BCUT2D eigenvalue weighted by molar-refractivity contribution is 6.32. The second kappa shape index (κ2) is 7.24. The minimum Gasteiger partial charge on any atom is -0.492 e. The highest BCUT2D eigenvalue weighted by Crippen LogP contribution is 2.27. The molecule has 5 heteroatoms. The zero-order valence-electron chi connectivity index (χ0n) is 10.6. The number of rotatable bonds is 6. The summed E-state index contributed by atoms with van der Waals surface area (Å²) in [6.45, 7) is 2.31. The van der Waals surface area contributed by atoms with Crippen LogP contribution in [0.15, 0.2) is 18.2 Å². The van der Waals surface area contributed by atoms with Crippen molar-refractivity contribution in [3.05, 3.63) is 28.8 Å². The van der Waals surface area contributed by atoms with Crippen LogP contribution < -0.4 is 10.5 Å². The van der Waals surface area contributed by atoms with Crippen molar-refractivity contribution in [2.45, 2.75) is 25.8 Å². The predicted molar refractivity (Wildman–Crippen MR) is 70.8 cm³/mol. The van der Waals surface area contributed by atoms with Crippen LogP contribution in [-0.2, 0) is 9.53 Å². The van der Waals surface area contributed by atoms with Crippen molar-refractivity contribution in [1.82, 2.24) is 0 Å². The lowest BCUT2D eigenvalue weighted by molar-refractivity contribution is -0.140. The maximum atomic E-state index is 10.9. The van der Waals surface area contributed by atoms with Crippen molar-refractivity contribution in [2.24, 2.45) is 5.73 Å². The molecule has 0 aliphatic heterocycles. The summed E-state index contributed by atoms with van der Waals surface area (Å²) in [5.74, 6) is 0.364. The molecule has 0 aromatic heterocycles. The van der Waals surface area contributed by atoms with Crippen molar-refractivity contribution < 1.29 is 14.3 Å². The minimum atomic E-state index is -0.239. The largest absolute Gasteiger partial charge is 0.492 e. The van der Waals surface area contributed by atoms with Crippen molar-refractivity contribution in [3.8, 4) is 5.75 Å². The van der Waals surface area contributed by atoms with Crippen LogP contribution in [0.1, 0.15) is 31.4 Å². The first kappa shape index (κ1) is 14.8. The van der Waals surface area contributed by atoms with E-state index >= 15 is 0 Å². The Morgan fingerprint density at radius 3 is 2.78 bits per heavy atom. The first-order valence-corrected chi connectivity index (χ1v) is 6.17. The van der Waals surface area contributed by atoms with Crippen LogP contribution >= 0.6 is 11.6 Å². The number of hydrogen-bond acceptors (Lipinski definition) is 4. The molecule has 1 atom stereocenters. The van der Waals surface area contributed by atoms with E-state index in [-0.39, 0.29) is 12.0 Å². The Morgan fingerprint density at radius 2 is 2.22 bits per heavy atom. The Balaban J connectivity index is 2.45. The van der Waals surface area contributed by atoms with Gasteiger partial charge >= 0.3 is 5.97 Å². The average Bonchev–Trinajstić information content (AvgIpc) is 2.35. The summed E-state index contributed by atoms with van der Waals surface area (Å²) in [5.41, 5.74) is 6.71. The molecule has 4 nitrogen and oxygen atoms in total. The molecule has 1 aromatic carbocycles. The topological polar surface area (TPSA) is 61.5 Å². The molecule has 100 valence electrons. The van der Waals surface area contributed by atoms with E-state index in [1.54, 1.807) is 12.1 Å². The van der Waals surface area contributed by atoms with Gasteiger partial charge < -0.3 is 15.2 Å². The molecule has 0 saturated carbocycles. The molecule has 0 saturated heterocycles. The maximum absolute atomic E-state index is 10.9. The van der Waals surface area contributed by atoms with Gasteiger partial charge in [-0.15, -0.1) is 0 Å². The molecule has 1 unspecified atom stereocenters. The number of ether oxygens (including phenoxy) is 2. The van der Waals surface area contributed by atoms with E-state index in [0.717, 1.165) is 5.56 Å². The minimum absolute atomic E-state index is 0.0594. The molecule has 2 N–H and O–H groups in total. The standard InChI is InChI=1S/C13H18ClNO3/c1-9(15)10-5-6-12(11(14)8-10)18-7-3-4-13(16)17-2/h5-6,8-9H,3-4,7,15H2,1-2H3. The van der Waals surface area contributed by atoms with Crippen LogP contribution in [0.5, 0.6) is 5.75 Å². The highest BCUT2D eigenvalue weighted by atomic mass is 35.5. The number of halogens is 1. The van der Waals surface area contributed by atoms with Crippen LogP contribution in [0.2, 0.25) is 5.02 Å². The lowest BCUT2D eigenvalue weighted by atomic mass is 10.1. The van der Waals surface area contributed by atoms with Crippen LogP contribution in [0.4, 0.5) is 0 Å². The Morgan fingerprint density at radius 1 is 1.50 bits per heavy atom. The van der Waals surface area contributed by atoms with Crippen LogP contribution in [0, 0.1) is 0 Å². The molecule has 0 fully saturated rings. The maximum Gasteiger partial charge on any atom is 0.305 e. The zero-order valence-corrected chi connectivity index (χ0v) is 11.4. The lowest BCUT2D eigenvalue weighted by Crippen LogP contribution is -2.06. The van der Waals surface area contributed by atoms with Gasteiger partial charge in [0.15, 0.2) is 0 Å². The summed E-state index contributed by atoms with van der Waals surface area (Å²) in [7, 11) is 1.37. The summed E-state index contributed by atoms with van der Waals surface area (Å²) >= 11 is 6.07. The second-order valence-electron chi connectivity index (χ2n) is 4.01. The van der Waals surface area contributed by atoms with Gasteiger partial charge in [0.2, 0.25) is 0 Å². The molecule has 0 radical (unpaired) electrons. The van der Waals surface area contributed by atoms with E-state index in [4.69, 9.17) is 22.1 Å². The van der Waals surface area contributed by atoms with E-state index in [1.165, 1.54) is 7.11 Å². The van der Waals surface area contributed by atoms with Crippen molar-refractivity contribution in [3.63, 3.8) is 0 Å². The second-order valence-corrected chi connectivity index (χ2v) is 4.41. The zero-order chi connectivity index (χ0) is 13.5. The number of esters is 1. The third kappa shape index (κ3) is 4.55. The van der Waals surface area contributed by atoms with E-state index in [1.807, 2.05) is 13.0 Å². The molecule has 0 heterocycles. The first-order chi connectivity index (χ1) is 8.54. The SMILES string of the molecule is COC(=O)CCCOc1ccc(C(C)N)cc1Cl. The monoisotopic (exact) mass is 271 g/mol. The number of nitrogens with two attached hydrogens (primary N) is 1. The molecule has 0 spiro atoms. The summed E-state index contributed by atoms with van der Waals surface area (Å²) < 4.78 is 10.0. The third-order valence-corrected chi connectivity index (χ3v) is 2.79. The van der Waals surface area contributed by atoms with Gasteiger partial charge in [0, 0.05) is 12.5 Å². The molecule has 1 aromatic rings. The van der Waals surface area contributed by atoms with Crippen molar-refractivity contribution >= 4 is 17.6 Å². The average molecular weight is 272 g/mol. The van der Waals surface area contributed by atoms with Gasteiger partial charge in [0.1, 0.15) is 5.75 Å². The number of carbonyl (C=O) groups excluding carboxylic acids is 1. The van der Waals surface area contributed by atoms with E-state index in [9.17, 15) is 4.79 Å². The Hall–Kier alpha value is -1.26. The van der Waals surface area contributed by atoms with E-state index in [2.05, 4.69) is 4.74 Å². The number of methoxy groups -OCH3 is 1. The van der Waals surface area contributed by atoms with Gasteiger partial charge in [0.25, 0.3) is 0 Å². The Kier molecular flexibility index (Phi) is 5.95. The number of carbonyl (C=O) groups is 1. The molecule has 0 amide bonds. The molecule has 18 heavy (non-hydrogen) atoms. The van der Waals surface area contributed by atoms with Gasteiger partial charge in [-0.25, -0.2) is 0 Å². The third-order valence-electron chi connectivity index (χ3n) is 2.49. The number of benzene rings is 1. The van der Waals surface area contributed by atoms with Gasteiger partial charge in [-0.05, 0) is 31.0 Å². The molecule has 0 aliphatic rings. The lowest BCUT2D eigenvalue weighted by Gasteiger charge is -2.11. The number of hydrogen-bond donors (Lipinski definition) is 1. The quantitative estimate of drug-likeness (QED) is 0.638. The van der Waals surface area contributed by atoms with Crippen molar-refractivity contribution in [2.75, 3.05) is 13.7 Å². The fourth-order valence-corrected chi connectivity index (χ4v) is 1.66. The Labute approximate surface area is 112 Å². The molecule has 1 rings (SSSR count). The van der Waals surface area contributed by atoms with Gasteiger partial charge in [-0.2, -0.15) is 0 Å². The predicted octanol–water partition coefficient (Wildman–Crippen LogP) is 2.69. The van der Waals surface area contributed by atoms with Crippen LogP contribution in [-0.4, -0.2) is 19.7 Å². The highest BCUT2D eigenvalue weighted by Gasteiger charge is 2.06. The molecular formula is C13H18ClNO3.